The number of benzene rings is 2. The molecule has 0 aromatic heterocycles. The van der Waals surface area contributed by atoms with Gasteiger partial charge in [-0.3, -0.25) is 0 Å². The van der Waals surface area contributed by atoms with Crippen LogP contribution < -0.4 is 4.74 Å². The van der Waals surface area contributed by atoms with Crippen molar-refractivity contribution in [3.05, 3.63) is 42.0 Å². The Morgan fingerprint density at radius 1 is 1.17 bits per heavy atom. The van der Waals surface area contributed by atoms with Crippen LogP contribution in [0.15, 0.2) is 36.4 Å². The van der Waals surface area contributed by atoms with E-state index < -0.39 is 0 Å². The number of fused-ring (bicyclic) bond motifs is 1. The summed E-state index contributed by atoms with van der Waals surface area (Å²) in [4.78, 5) is 11.2. The summed E-state index contributed by atoms with van der Waals surface area (Å²) in [5.41, 5.74) is 1.21. The first-order chi connectivity index (χ1) is 8.60. The first-order valence-electron chi connectivity index (χ1n) is 6.17. The highest BCUT2D eigenvalue weighted by Gasteiger charge is 2.08. The monoisotopic (exact) mass is 242 g/mol. The molecule has 2 aromatic carbocycles. The molecule has 0 saturated heterocycles. The highest BCUT2D eigenvalue weighted by Crippen LogP contribution is 2.26. The maximum absolute atomic E-state index is 11.2. The maximum atomic E-state index is 11.2. The van der Waals surface area contributed by atoms with Crippen molar-refractivity contribution in [2.45, 2.75) is 26.2 Å². The lowest BCUT2D eigenvalue weighted by atomic mass is 9.94. The van der Waals surface area contributed by atoms with Crippen LogP contribution in [0.3, 0.4) is 0 Å². The van der Waals surface area contributed by atoms with Crippen LogP contribution in [0.25, 0.3) is 10.8 Å². The molecule has 0 radical (unpaired) electrons. The lowest BCUT2D eigenvalue weighted by molar-refractivity contribution is -0.117. The van der Waals surface area contributed by atoms with Gasteiger partial charge in [-0.25, -0.2) is 0 Å². The van der Waals surface area contributed by atoms with Crippen LogP contribution in [0.4, 0.5) is 0 Å². The van der Waals surface area contributed by atoms with E-state index in [1.165, 1.54) is 10.9 Å². The zero-order valence-electron chi connectivity index (χ0n) is 11.1. The van der Waals surface area contributed by atoms with Gasteiger partial charge in [0, 0.05) is 6.42 Å². The normalized spacial score (nSPS) is 12.4. The Kier molecular flexibility index (Phi) is 3.66. The second kappa shape index (κ2) is 5.21. The van der Waals surface area contributed by atoms with E-state index in [0.717, 1.165) is 11.1 Å². The Morgan fingerprint density at radius 2 is 1.83 bits per heavy atom. The lowest BCUT2D eigenvalue weighted by Crippen LogP contribution is -2.00. The summed E-state index contributed by atoms with van der Waals surface area (Å²) in [5, 5.41) is 2.34. The van der Waals surface area contributed by atoms with E-state index >= 15 is 0 Å². The van der Waals surface area contributed by atoms with Gasteiger partial charge in [-0.1, -0.05) is 31.2 Å². The topological polar surface area (TPSA) is 26.3 Å². The van der Waals surface area contributed by atoms with Crippen molar-refractivity contribution in [2.24, 2.45) is 0 Å². The molecule has 0 saturated carbocycles. The smallest absolute Gasteiger partial charge is 0.130 e. The standard InChI is InChI=1S/C16H18O2/c1-11(8-12(2)17)13-4-5-15-10-16(18-3)7-6-14(15)9-13/h4-7,9-11H,8H2,1-3H3/t11-/m0/s1. The van der Waals surface area contributed by atoms with Crippen molar-refractivity contribution in [1.29, 1.82) is 0 Å². The van der Waals surface area contributed by atoms with Crippen molar-refractivity contribution >= 4 is 16.6 Å². The van der Waals surface area contributed by atoms with Gasteiger partial charge in [-0.2, -0.15) is 0 Å². The van der Waals surface area contributed by atoms with Crippen LogP contribution >= 0.6 is 0 Å². The molecule has 0 spiro atoms. The first-order valence-corrected chi connectivity index (χ1v) is 6.17. The summed E-state index contributed by atoms with van der Waals surface area (Å²) in [7, 11) is 1.67. The summed E-state index contributed by atoms with van der Waals surface area (Å²) < 4.78 is 5.21. The van der Waals surface area contributed by atoms with Crippen molar-refractivity contribution in [3.63, 3.8) is 0 Å². The van der Waals surface area contributed by atoms with E-state index in [1.54, 1.807) is 14.0 Å². The zero-order valence-corrected chi connectivity index (χ0v) is 11.1. The molecule has 0 aliphatic rings. The number of methoxy groups -OCH3 is 1. The number of hydrogen-bond acceptors (Lipinski definition) is 2. The number of carbonyl (C=O) groups excluding carboxylic acids is 1. The van der Waals surface area contributed by atoms with Gasteiger partial charge < -0.3 is 9.53 Å². The van der Waals surface area contributed by atoms with Gasteiger partial charge in [-0.05, 0) is 41.3 Å². The first kappa shape index (κ1) is 12.6. The van der Waals surface area contributed by atoms with E-state index in [4.69, 9.17) is 4.74 Å². The summed E-state index contributed by atoms with van der Waals surface area (Å²) in [6.07, 6.45) is 0.599. The molecule has 94 valence electrons. The van der Waals surface area contributed by atoms with E-state index in [1.807, 2.05) is 12.1 Å². The summed E-state index contributed by atoms with van der Waals surface area (Å²) in [6, 6.07) is 12.4. The number of carbonyl (C=O) groups is 1. The molecule has 0 fully saturated rings. The molecule has 0 N–H and O–H groups in total. The van der Waals surface area contributed by atoms with Crippen molar-refractivity contribution < 1.29 is 9.53 Å². The Bertz CT molecular complexity index is 572. The SMILES string of the molecule is COc1ccc2cc([C@@H](C)CC(C)=O)ccc2c1. The van der Waals surface area contributed by atoms with Crippen molar-refractivity contribution in [1.82, 2.24) is 0 Å². The summed E-state index contributed by atoms with van der Waals surface area (Å²) in [6.45, 7) is 3.73. The van der Waals surface area contributed by atoms with Gasteiger partial charge in [0.1, 0.15) is 11.5 Å². The second-order valence-electron chi connectivity index (χ2n) is 4.78. The number of Topliss-reactive ketones (excluding diaryl/α,β-unsaturated/α-hetero) is 1. The minimum atomic E-state index is 0.234. The molecule has 2 nitrogen and oxygen atoms in total. The fourth-order valence-corrected chi connectivity index (χ4v) is 2.22. The van der Waals surface area contributed by atoms with E-state index in [-0.39, 0.29) is 11.7 Å². The minimum Gasteiger partial charge on any atom is -0.497 e. The maximum Gasteiger partial charge on any atom is 0.130 e. The van der Waals surface area contributed by atoms with E-state index in [2.05, 4.69) is 31.2 Å². The van der Waals surface area contributed by atoms with Gasteiger partial charge in [0.25, 0.3) is 0 Å². The fraction of sp³-hybridized carbons (Fsp3) is 0.312. The number of rotatable bonds is 4. The molecule has 0 aliphatic heterocycles. The average Bonchev–Trinajstić information content (AvgIpc) is 2.36. The van der Waals surface area contributed by atoms with Gasteiger partial charge >= 0.3 is 0 Å². The lowest BCUT2D eigenvalue weighted by Gasteiger charge is -2.11. The number of hydrogen-bond donors (Lipinski definition) is 0. The summed E-state index contributed by atoms with van der Waals surface area (Å²) >= 11 is 0. The molecule has 0 amide bonds. The Balaban J connectivity index is 2.35. The third-order valence-corrected chi connectivity index (χ3v) is 3.23. The quantitative estimate of drug-likeness (QED) is 0.812. The van der Waals surface area contributed by atoms with E-state index in [0.29, 0.717) is 6.42 Å². The molecule has 2 rings (SSSR count). The van der Waals surface area contributed by atoms with Crippen molar-refractivity contribution in [2.75, 3.05) is 7.11 Å². The Labute approximate surface area is 108 Å². The predicted molar refractivity (Wildman–Crippen MR) is 74.2 cm³/mol. The van der Waals surface area contributed by atoms with Crippen LogP contribution in [-0.4, -0.2) is 12.9 Å². The number of ether oxygens (including phenoxy) is 1. The largest absolute Gasteiger partial charge is 0.497 e. The molecule has 0 heterocycles. The predicted octanol–water partition coefficient (Wildman–Crippen LogP) is 3.93. The van der Waals surface area contributed by atoms with Crippen LogP contribution in [-0.2, 0) is 4.79 Å². The third kappa shape index (κ3) is 2.70. The van der Waals surface area contributed by atoms with E-state index in [9.17, 15) is 4.79 Å². The Hall–Kier alpha value is -1.83. The van der Waals surface area contributed by atoms with Crippen LogP contribution in [0.5, 0.6) is 5.75 Å². The molecule has 0 bridgehead atoms. The molecular formula is C16H18O2. The third-order valence-electron chi connectivity index (χ3n) is 3.23. The Morgan fingerprint density at radius 3 is 2.50 bits per heavy atom. The summed E-state index contributed by atoms with van der Waals surface area (Å²) in [5.74, 6) is 1.37. The van der Waals surface area contributed by atoms with Crippen molar-refractivity contribution in [3.8, 4) is 5.75 Å². The molecule has 2 heteroatoms. The second-order valence-corrected chi connectivity index (χ2v) is 4.78. The molecule has 1 atom stereocenters. The number of ketones is 1. The highest BCUT2D eigenvalue weighted by molar-refractivity contribution is 5.85. The molecule has 2 aromatic rings. The molecule has 0 aliphatic carbocycles. The minimum absolute atomic E-state index is 0.234. The zero-order chi connectivity index (χ0) is 13.1. The van der Waals surface area contributed by atoms with Crippen LogP contribution in [0.1, 0.15) is 31.7 Å². The van der Waals surface area contributed by atoms with Gasteiger partial charge in [-0.15, -0.1) is 0 Å². The molecule has 0 unspecified atom stereocenters. The van der Waals surface area contributed by atoms with Crippen LogP contribution in [0.2, 0.25) is 0 Å². The van der Waals surface area contributed by atoms with Crippen LogP contribution in [0, 0.1) is 0 Å². The fourth-order valence-electron chi connectivity index (χ4n) is 2.22. The highest BCUT2D eigenvalue weighted by atomic mass is 16.5. The molecular weight excluding hydrogens is 224 g/mol. The van der Waals surface area contributed by atoms with Gasteiger partial charge in [0.2, 0.25) is 0 Å². The van der Waals surface area contributed by atoms with Gasteiger partial charge in [0.15, 0.2) is 0 Å². The average molecular weight is 242 g/mol. The van der Waals surface area contributed by atoms with Gasteiger partial charge in [0.05, 0.1) is 7.11 Å². The molecule has 18 heavy (non-hydrogen) atoms.